The fraction of sp³-hybridized carbons (Fsp3) is 0.421. The lowest BCUT2D eigenvalue weighted by atomic mass is 10.1. The quantitative estimate of drug-likeness (QED) is 0.791. The molecule has 2 heterocycles. The van der Waals surface area contributed by atoms with Crippen LogP contribution in [0.4, 0.5) is 11.5 Å². The summed E-state index contributed by atoms with van der Waals surface area (Å²) in [6, 6.07) is 6.34. The summed E-state index contributed by atoms with van der Waals surface area (Å²) in [5, 5.41) is 6.15. The number of fused-ring (bicyclic) bond motifs is 1. The highest BCUT2D eigenvalue weighted by molar-refractivity contribution is 7.91. The minimum absolute atomic E-state index is 0.00269. The molecule has 1 aromatic heterocycles. The van der Waals surface area contributed by atoms with Gasteiger partial charge in [0.05, 0.1) is 10.6 Å². The molecule has 0 saturated heterocycles. The number of nitrogens with zero attached hydrogens (tertiary/aromatic N) is 2. The largest absolute Gasteiger partial charge is 0.360 e. The van der Waals surface area contributed by atoms with E-state index in [9.17, 15) is 18.0 Å². The summed E-state index contributed by atoms with van der Waals surface area (Å²) in [6.45, 7) is 5.44. The Morgan fingerprint density at radius 2 is 2.07 bits per heavy atom. The molecule has 1 atom stereocenters. The highest BCUT2D eigenvalue weighted by Gasteiger charge is 2.31. The number of hydrogen-bond donors (Lipinski definition) is 1. The second-order valence-electron chi connectivity index (χ2n) is 6.90. The van der Waals surface area contributed by atoms with E-state index < -0.39 is 15.7 Å². The zero-order valence-electron chi connectivity index (χ0n) is 16.1. The van der Waals surface area contributed by atoms with Crippen molar-refractivity contribution in [3.8, 4) is 0 Å². The molecule has 8 nitrogen and oxygen atoms in total. The van der Waals surface area contributed by atoms with Crippen LogP contribution >= 0.6 is 0 Å². The minimum atomic E-state index is -3.63. The first-order valence-electron chi connectivity index (χ1n) is 9.12. The maximum Gasteiger partial charge on any atom is 0.226 e. The van der Waals surface area contributed by atoms with E-state index in [4.69, 9.17) is 4.52 Å². The first kappa shape index (κ1) is 20.1. The minimum Gasteiger partial charge on any atom is -0.360 e. The summed E-state index contributed by atoms with van der Waals surface area (Å²) in [6.07, 6.45) is 0.808. The van der Waals surface area contributed by atoms with Crippen molar-refractivity contribution in [2.24, 2.45) is 0 Å². The van der Waals surface area contributed by atoms with Crippen LogP contribution in [0.5, 0.6) is 0 Å². The lowest BCUT2D eigenvalue weighted by Crippen LogP contribution is -2.35. The molecule has 0 saturated carbocycles. The molecule has 1 unspecified atom stereocenters. The molecular weight excluding hydrogens is 382 g/mol. The van der Waals surface area contributed by atoms with Gasteiger partial charge in [-0.15, -0.1) is 0 Å². The second-order valence-corrected chi connectivity index (χ2v) is 9.01. The normalized spacial score (nSPS) is 16.1. The van der Waals surface area contributed by atoms with Crippen LogP contribution in [0.2, 0.25) is 0 Å². The highest BCUT2D eigenvalue weighted by Crippen LogP contribution is 2.34. The number of nitrogens with one attached hydrogen (secondary N) is 1. The van der Waals surface area contributed by atoms with Crippen molar-refractivity contribution in [3.63, 3.8) is 0 Å². The molecule has 2 aromatic rings. The highest BCUT2D eigenvalue weighted by atomic mass is 32.2. The van der Waals surface area contributed by atoms with Gasteiger partial charge in [-0.3, -0.25) is 9.59 Å². The fourth-order valence-electron chi connectivity index (χ4n) is 3.33. The van der Waals surface area contributed by atoms with Crippen molar-refractivity contribution in [2.45, 2.75) is 51.0 Å². The lowest BCUT2D eigenvalue weighted by molar-refractivity contribution is -0.118. The number of carbonyl (C=O) groups excluding carboxylic acids is 2. The molecule has 0 bridgehead atoms. The van der Waals surface area contributed by atoms with E-state index in [1.54, 1.807) is 36.9 Å². The summed E-state index contributed by atoms with van der Waals surface area (Å²) in [5.41, 5.74) is 1.59. The third-order valence-corrected chi connectivity index (χ3v) is 6.40. The summed E-state index contributed by atoms with van der Waals surface area (Å²) < 4.78 is 30.2. The summed E-state index contributed by atoms with van der Waals surface area (Å²) in [7, 11) is -3.63. The Balaban J connectivity index is 1.70. The molecule has 1 N–H and O–H groups in total. The van der Waals surface area contributed by atoms with Crippen molar-refractivity contribution >= 4 is 33.2 Å². The van der Waals surface area contributed by atoms with Crippen LogP contribution in [0.1, 0.15) is 38.0 Å². The Hall–Kier alpha value is -2.68. The number of rotatable bonds is 6. The SMILES string of the molecule is CCC(=O)N1c2ccc(S(=O)(=O)CCC(=O)Nc3cc(C)on3)cc2CC1C. The van der Waals surface area contributed by atoms with Gasteiger partial charge in [-0.25, -0.2) is 8.42 Å². The fourth-order valence-corrected chi connectivity index (χ4v) is 4.61. The Morgan fingerprint density at radius 1 is 1.32 bits per heavy atom. The molecule has 3 rings (SSSR count). The van der Waals surface area contributed by atoms with Crippen molar-refractivity contribution < 1.29 is 22.5 Å². The third kappa shape index (κ3) is 4.09. The monoisotopic (exact) mass is 405 g/mol. The van der Waals surface area contributed by atoms with E-state index in [2.05, 4.69) is 10.5 Å². The van der Waals surface area contributed by atoms with Gasteiger partial charge >= 0.3 is 0 Å². The maximum atomic E-state index is 12.7. The van der Waals surface area contributed by atoms with Gasteiger partial charge in [0.1, 0.15) is 5.76 Å². The van der Waals surface area contributed by atoms with Gasteiger partial charge in [-0.05, 0) is 44.0 Å². The molecule has 150 valence electrons. The average Bonchev–Trinajstić information content (AvgIpc) is 3.20. The number of sulfone groups is 1. The molecule has 9 heteroatoms. The second kappa shape index (κ2) is 7.75. The van der Waals surface area contributed by atoms with E-state index in [-0.39, 0.29) is 34.8 Å². The molecule has 28 heavy (non-hydrogen) atoms. The van der Waals surface area contributed by atoms with E-state index in [1.165, 1.54) is 6.07 Å². The topological polar surface area (TPSA) is 110 Å². The lowest BCUT2D eigenvalue weighted by Gasteiger charge is -2.22. The first-order chi connectivity index (χ1) is 13.2. The van der Waals surface area contributed by atoms with Gasteiger partial charge in [0.2, 0.25) is 11.8 Å². The van der Waals surface area contributed by atoms with Gasteiger partial charge in [-0.1, -0.05) is 12.1 Å². The van der Waals surface area contributed by atoms with Crippen LogP contribution in [0, 0.1) is 6.92 Å². The number of aryl methyl sites for hydroxylation is 1. The van der Waals surface area contributed by atoms with Gasteiger partial charge in [0.15, 0.2) is 15.7 Å². The van der Waals surface area contributed by atoms with Gasteiger partial charge in [0.25, 0.3) is 0 Å². The smallest absolute Gasteiger partial charge is 0.226 e. The maximum absolute atomic E-state index is 12.7. The Bertz CT molecular complexity index is 1010. The number of hydrogen-bond acceptors (Lipinski definition) is 6. The molecule has 2 amide bonds. The van der Waals surface area contributed by atoms with Gasteiger partial charge < -0.3 is 14.7 Å². The first-order valence-corrected chi connectivity index (χ1v) is 10.8. The number of carbonyl (C=O) groups is 2. The van der Waals surface area contributed by atoms with Crippen LogP contribution < -0.4 is 10.2 Å². The number of anilines is 2. The van der Waals surface area contributed by atoms with Gasteiger partial charge in [-0.2, -0.15) is 0 Å². The molecule has 0 fully saturated rings. The van der Waals surface area contributed by atoms with Crippen molar-refractivity contribution in [2.75, 3.05) is 16.0 Å². The third-order valence-electron chi connectivity index (χ3n) is 4.69. The predicted molar refractivity (Wildman–Crippen MR) is 104 cm³/mol. The predicted octanol–water partition coefficient (Wildman–Crippen LogP) is 2.47. The molecule has 1 aliphatic rings. The number of aromatic nitrogens is 1. The number of amides is 2. The average molecular weight is 405 g/mol. The van der Waals surface area contributed by atoms with E-state index >= 15 is 0 Å². The van der Waals surface area contributed by atoms with Crippen LogP contribution in [0.15, 0.2) is 33.7 Å². The molecule has 0 spiro atoms. The van der Waals surface area contributed by atoms with Crippen LogP contribution in [0.25, 0.3) is 0 Å². The van der Waals surface area contributed by atoms with Crippen molar-refractivity contribution in [1.29, 1.82) is 0 Å². The van der Waals surface area contributed by atoms with Crippen LogP contribution in [0.3, 0.4) is 0 Å². The van der Waals surface area contributed by atoms with E-state index in [0.29, 0.717) is 18.6 Å². The molecular formula is C19H23N3O5S. The molecule has 1 aromatic carbocycles. The molecule has 1 aliphatic heterocycles. The summed E-state index contributed by atoms with van der Waals surface area (Å²) in [5.74, 6) is 0.0488. The standard InChI is InChI=1S/C19H23N3O5S/c1-4-19(24)22-12(2)9-14-11-15(5-6-16(14)22)28(25,26)8-7-18(23)20-17-10-13(3)27-21-17/h5-6,10-12H,4,7-9H2,1-3H3,(H,20,21,23). The zero-order chi connectivity index (χ0) is 20.5. The number of benzene rings is 1. The summed E-state index contributed by atoms with van der Waals surface area (Å²) in [4.78, 5) is 26.0. The zero-order valence-corrected chi connectivity index (χ0v) is 16.9. The van der Waals surface area contributed by atoms with E-state index in [1.807, 2.05) is 6.92 Å². The molecule has 0 aliphatic carbocycles. The van der Waals surface area contributed by atoms with Crippen molar-refractivity contribution in [3.05, 3.63) is 35.6 Å². The van der Waals surface area contributed by atoms with Crippen LogP contribution in [-0.4, -0.2) is 37.2 Å². The van der Waals surface area contributed by atoms with Crippen molar-refractivity contribution in [1.82, 2.24) is 5.16 Å². The summed E-state index contributed by atoms with van der Waals surface area (Å²) >= 11 is 0. The Morgan fingerprint density at radius 3 is 2.71 bits per heavy atom. The Labute approximate surface area is 163 Å². The van der Waals surface area contributed by atoms with Crippen LogP contribution in [-0.2, 0) is 25.8 Å². The Kier molecular flexibility index (Phi) is 5.55. The van der Waals surface area contributed by atoms with Gasteiger partial charge in [0, 0.05) is 30.6 Å². The molecule has 0 radical (unpaired) electrons. The van der Waals surface area contributed by atoms with E-state index in [0.717, 1.165) is 11.3 Å².